The molecule has 0 spiro atoms. The van der Waals surface area contributed by atoms with Gasteiger partial charge in [0.05, 0.1) is 18.5 Å². The van der Waals surface area contributed by atoms with Crippen LogP contribution in [0.3, 0.4) is 0 Å². The average Bonchev–Trinajstić information content (AvgIpc) is 2.54. The van der Waals surface area contributed by atoms with Gasteiger partial charge in [0.25, 0.3) is 0 Å². The lowest BCUT2D eigenvalue weighted by Crippen LogP contribution is -2.22. The predicted octanol–water partition coefficient (Wildman–Crippen LogP) is 2.92. The van der Waals surface area contributed by atoms with Crippen LogP contribution in [0.4, 0.5) is 10.1 Å². The van der Waals surface area contributed by atoms with Crippen molar-refractivity contribution >= 4 is 11.6 Å². The molecule has 1 amide bonds. The molecule has 1 unspecified atom stereocenters. The zero-order chi connectivity index (χ0) is 15.9. The Hall–Kier alpha value is -2.27. The van der Waals surface area contributed by atoms with Gasteiger partial charge in [-0.25, -0.2) is 4.39 Å². The van der Waals surface area contributed by atoms with E-state index >= 15 is 0 Å². The Kier molecular flexibility index (Phi) is 5.61. The average molecular weight is 302 g/mol. The van der Waals surface area contributed by atoms with Gasteiger partial charge in [-0.1, -0.05) is 25.1 Å². The number of aliphatic hydroxyl groups is 1. The molecule has 5 heteroatoms. The lowest BCUT2D eigenvalue weighted by atomic mass is 10.00. The first-order chi connectivity index (χ1) is 10.6. The van der Waals surface area contributed by atoms with E-state index < -0.39 is 0 Å². The Morgan fingerprint density at radius 2 is 2.09 bits per heavy atom. The standard InChI is InChI=1S/C17H19FN2O2/c1-12(6-7-13-4-2-3-5-15(13)18)17(22)20-16-10-19-9-8-14(16)11-21/h2-5,8-10,12,21H,6-7,11H2,1H3,(H,20,22). The number of anilines is 1. The molecule has 2 aromatic rings. The van der Waals surface area contributed by atoms with Crippen molar-refractivity contribution in [2.45, 2.75) is 26.4 Å². The second-order valence-corrected chi connectivity index (χ2v) is 5.21. The number of amides is 1. The van der Waals surface area contributed by atoms with Gasteiger partial charge in [0.15, 0.2) is 0 Å². The quantitative estimate of drug-likeness (QED) is 0.862. The molecular formula is C17H19FN2O2. The van der Waals surface area contributed by atoms with Crippen LogP contribution in [0.5, 0.6) is 0 Å². The van der Waals surface area contributed by atoms with E-state index in [-0.39, 0.29) is 24.2 Å². The normalized spacial score (nSPS) is 12.0. The molecule has 0 fully saturated rings. The van der Waals surface area contributed by atoms with Gasteiger partial charge in [0, 0.05) is 17.7 Å². The van der Waals surface area contributed by atoms with Gasteiger partial charge in [-0.3, -0.25) is 9.78 Å². The smallest absolute Gasteiger partial charge is 0.227 e. The summed E-state index contributed by atoms with van der Waals surface area (Å²) in [5, 5.41) is 12.0. The zero-order valence-corrected chi connectivity index (χ0v) is 12.4. The number of carbonyl (C=O) groups is 1. The number of benzene rings is 1. The van der Waals surface area contributed by atoms with Crippen molar-refractivity contribution in [3.05, 3.63) is 59.7 Å². The lowest BCUT2D eigenvalue weighted by molar-refractivity contribution is -0.119. The molecule has 0 radical (unpaired) electrons. The second-order valence-electron chi connectivity index (χ2n) is 5.21. The summed E-state index contributed by atoms with van der Waals surface area (Å²) in [5.74, 6) is -0.685. The third-order valence-corrected chi connectivity index (χ3v) is 3.59. The maximum absolute atomic E-state index is 13.6. The highest BCUT2D eigenvalue weighted by molar-refractivity contribution is 5.92. The Labute approximate surface area is 129 Å². The molecule has 0 aliphatic rings. The number of aliphatic hydroxyl groups excluding tert-OH is 1. The number of carbonyl (C=O) groups excluding carboxylic acids is 1. The molecule has 1 atom stereocenters. The topological polar surface area (TPSA) is 62.2 Å². The summed E-state index contributed by atoms with van der Waals surface area (Å²) < 4.78 is 13.6. The molecule has 0 saturated carbocycles. The summed E-state index contributed by atoms with van der Waals surface area (Å²) in [7, 11) is 0. The SMILES string of the molecule is CC(CCc1ccccc1F)C(=O)Nc1cnccc1CO. The van der Waals surface area contributed by atoms with Gasteiger partial charge in [0.2, 0.25) is 5.91 Å². The third kappa shape index (κ3) is 4.11. The fourth-order valence-electron chi connectivity index (χ4n) is 2.13. The largest absolute Gasteiger partial charge is 0.392 e. The van der Waals surface area contributed by atoms with E-state index in [9.17, 15) is 14.3 Å². The van der Waals surface area contributed by atoms with E-state index in [2.05, 4.69) is 10.3 Å². The molecule has 1 heterocycles. The van der Waals surface area contributed by atoms with Crippen molar-refractivity contribution in [2.24, 2.45) is 5.92 Å². The van der Waals surface area contributed by atoms with Gasteiger partial charge in [-0.15, -0.1) is 0 Å². The van der Waals surface area contributed by atoms with E-state index in [1.54, 1.807) is 37.4 Å². The Morgan fingerprint density at radius 1 is 1.32 bits per heavy atom. The Bertz CT molecular complexity index is 646. The lowest BCUT2D eigenvalue weighted by Gasteiger charge is -2.14. The monoisotopic (exact) mass is 302 g/mol. The van der Waals surface area contributed by atoms with Crippen molar-refractivity contribution in [1.29, 1.82) is 0 Å². The number of nitrogens with zero attached hydrogens (tertiary/aromatic N) is 1. The van der Waals surface area contributed by atoms with Gasteiger partial charge in [0.1, 0.15) is 5.82 Å². The highest BCUT2D eigenvalue weighted by Gasteiger charge is 2.15. The number of aromatic nitrogens is 1. The third-order valence-electron chi connectivity index (χ3n) is 3.59. The van der Waals surface area contributed by atoms with Crippen LogP contribution >= 0.6 is 0 Å². The minimum atomic E-state index is -0.272. The van der Waals surface area contributed by atoms with Crippen LogP contribution in [0, 0.1) is 11.7 Å². The highest BCUT2D eigenvalue weighted by Crippen LogP contribution is 2.17. The van der Waals surface area contributed by atoms with E-state index in [1.165, 1.54) is 12.3 Å². The first kappa shape index (κ1) is 16.1. The summed E-state index contributed by atoms with van der Waals surface area (Å²) in [6, 6.07) is 8.23. The van der Waals surface area contributed by atoms with Crippen LogP contribution in [0.15, 0.2) is 42.7 Å². The molecule has 4 nitrogen and oxygen atoms in total. The van der Waals surface area contributed by atoms with Crippen molar-refractivity contribution in [1.82, 2.24) is 4.98 Å². The first-order valence-electron chi connectivity index (χ1n) is 7.20. The van der Waals surface area contributed by atoms with E-state index in [4.69, 9.17) is 0 Å². The van der Waals surface area contributed by atoms with E-state index in [0.717, 1.165) is 0 Å². The number of nitrogens with one attached hydrogen (secondary N) is 1. The van der Waals surface area contributed by atoms with Gasteiger partial charge < -0.3 is 10.4 Å². The molecule has 2 rings (SSSR count). The minimum Gasteiger partial charge on any atom is -0.392 e. The predicted molar refractivity (Wildman–Crippen MR) is 82.7 cm³/mol. The molecular weight excluding hydrogens is 283 g/mol. The van der Waals surface area contributed by atoms with Crippen LogP contribution in [0.1, 0.15) is 24.5 Å². The molecule has 22 heavy (non-hydrogen) atoms. The van der Waals surface area contributed by atoms with Crippen LogP contribution in [-0.2, 0) is 17.8 Å². The van der Waals surface area contributed by atoms with Crippen molar-refractivity contribution in [2.75, 3.05) is 5.32 Å². The number of pyridine rings is 1. The van der Waals surface area contributed by atoms with Crippen molar-refractivity contribution in [3.63, 3.8) is 0 Å². The molecule has 2 N–H and O–H groups in total. The molecule has 0 saturated heterocycles. The van der Waals surface area contributed by atoms with Gasteiger partial charge >= 0.3 is 0 Å². The molecule has 1 aromatic carbocycles. The summed E-state index contributed by atoms with van der Waals surface area (Å²) in [6.45, 7) is 1.63. The van der Waals surface area contributed by atoms with Gasteiger partial charge in [-0.2, -0.15) is 0 Å². The van der Waals surface area contributed by atoms with Crippen LogP contribution in [0.25, 0.3) is 0 Å². The number of rotatable bonds is 6. The summed E-state index contributed by atoms with van der Waals surface area (Å²) in [4.78, 5) is 16.1. The molecule has 0 bridgehead atoms. The van der Waals surface area contributed by atoms with Crippen molar-refractivity contribution < 1.29 is 14.3 Å². The zero-order valence-electron chi connectivity index (χ0n) is 12.4. The van der Waals surface area contributed by atoms with Crippen molar-refractivity contribution in [3.8, 4) is 0 Å². The summed E-state index contributed by atoms with van der Waals surface area (Å²) in [5.41, 5.74) is 1.73. The number of halogens is 1. The number of hydrogen-bond donors (Lipinski definition) is 2. The number of aryl methyl sites for hydroxylation is 1. The maximum atomic E-state index is 13.6. The molecule has 116 valence electrons. The highest BCUT2D eigenvalue weighted by atomic mass is 19.1. The maximum Gasteiger partial charge on any atom is 0.227 e. The minimum absolute atomic E-state index is 0.165. The van der Waals surface area contributed by atoms with Crippen LogP contribution in [0.2, 0.25) is 0 Å². The molecule has 0 aliphatic heterocycles. The summed E-state index contributed by atoms with van der Waals surface area (Å²) in [6.07, 6.45) is 4.11. The molecule has 1 aromatic heterocycles. The summed E-state index contributed by atoms with van der Waals surface area (Å²) >= 11 is 0. The van der Waals surface area contributed by atoms with Crippen LogP contribution < -0.4 is 5.32 Å². The fraction of sp³-hybridized carbons (Fsp3) is 0.294. The van der Waals surface area contributed by atoms with E-state index in [1.807, 2.05) is 0 Å². The van der Waals surface area contributed by atoms with E-state index in [0.29, 0.717) is 29.7 Å². The van der Waals surface area contributed by atoms with Crippen LogP contribution in [-0.4, -0.2) is 16.0 Å². The first-order valence-corrected chi connectivity index (χ1v) is 7.20. The van der Waals surface area contributed by atoms with Gasteiger partial charge in [-0.05, 0) is 30.5 Å². The second kappa shape index (κ2) is 7.66. The fourth-order valence-corrected chi connectivity index (χ4v) is 2.13. The Morgan fingerprint density at radius 3 is 2.82 bits per heavy atom. The molecule has 0 aliphatic carbocycles. The Balaban J connectivity index is 1.94. The number of hydrogen-bond acceptors (Lipinski definition) is 3.